The van der Waals surface area contributed by atoms with Crippen LogP contribution in [0.1, 0.15) is 18.2 Å². The molecule has 84 valence electrons. The third-order valence-electron chi connectivity index (χ3n) is 2.70. The molecule has 1 aromatic heterocycles. The van der Waals surface area contributed by atoms with Crippen molar-refractivity contribution in [3.05, 3.63) is 35.5 Å². The number of nitrogen functional groups attached to an aromatic ring is 1. The van der Waals surface area contributed by atoms with E-state index in [2.05, 4.69) is 17.1 Å². The van der Waals surface area contributed by atoms with E-state index in [4.69, 9.17) is 11.5 Å². The van der Waals surface area contributed by atoms with Crippen LogP contribution in [0.3, 0.4) is 0 Å². The summed E-state index contributed by atoms with van der Waals surface area (Å²) in [5, 5.41) is 6.99. The number of aryl methyl sites for hydroxylation is 1. The van der Waals surface area contributed by atoms with Crippen LogP contribution in [0, 0.1) is 0 Å². The van der Waals surface area contributed by atoms with Crippen LogP contribution in [0.2, 0.25) is 0 Å². The number of benzene rings is 1. The van der Waals surface area contributed by atoms with Crippen molar-refractivity contribution in [2.24, 2.45) is 5.73 Å². The van der Waals surface area contributed by atoms with Crippen LogP contribution in [0.5, 0.6) is 0 Å². The third kappa shape index (κ3) is 1.79. The van der Waals surface area contributed by atoms with Crippen molar-refractivity contribution < 1.29 is 0 Å². The minimum Gasteiger partial charge on any atom is -0.382 e. The lowest BCUT2D eigenvalue weighted by Crippen LogP contribution is -1.96. The van der Waals surface area contributed by atoms with E-state index in [9.17, 15) is 0 Å². The number of aromatic nitrogens is 2. The molecular weight excluding hydrogens is 200 g/mol. The Hall–Kier alpha value is -1.81. The second-order valence-electron chi connectivity index (χ2n) is 3.72. The predicted octanol–water partition coefficient (Wildman–Crippen LogP) is 1.68. The van der Waals surface area contributed by atoms with Crippen molar-refractivity contribution in [3.8, 4) is 11.1 Å². The highest BCUT2D eigenvalue weighted by Crippen LogP contribution is 2.28. The van der Waals surface area contributed by atoms with Crippen molar-refractivity contribution in [2.75, 3.05) is 5.73 Å². The van der Waals surface area contributed by atoms with Gasteiger partial charge in [-0.25, -0.2) is 0 Å². The number of hydrogen-bond donors (Lipinski definition) is 3. The molecule has 0 atom stereocenters. The minimum atomic E-state index is 0.553. The molecular formula is C12H16N4. The zero-order valence-electron chi connectivity index (χ0n) is 9.33. The van der Waals surface area contributed by atoms with Gasteiger partial charge in [-0.05, 0) is 17.5 Å². The molecule has 0 fully saturated rings. The largest absolute Gasteiger partial charge is 0.382 e. The molecule has 1 aromatic carbocycles. The highest BCUT2D eigenvalue weighted by molar-refractivity contribution is 5.76. The van der Waals surface area contributed by atoms with E-state index in [1.165, 1.54) is 0 Å². The maximum atomic E-state index is 5.85. The third-order valence-corrected chi connectivity index (χ3v) is 2.70. The average molecular weight is 216 g/mol. The topological polar surface area (TPSA) is 80.7 Å². The lowest BCUT2D eigenvalue weighted by Gasteiger charge is -2.03. The number of nitrogens with one attached hydrogen (secondary N) is 1. The number of nitrogens with two attached hydrogens (primary N) is 2. The van der Waals surface area contributed by atoms with Gasteiger partial charge in [0.15, 0.2) is 5.82 Å². The Labute approximate surface area is 94.7 Å². The Kier molecular flexibility index (Phi) is 2.92. The molecule has 5 N–H and O–H groups in total. The molecule has 0 aliphatic heterocycles. The van der Waals surface area contributed by atoms with Crippen LogP contribution in [-0.2, 0) is 13.0 Å². The van der Waals surface area contributed by atoms with Crippen LogP contribution in [0.15, 0.2) is 24.3 Å². The summed E-state index contributed by atoms with van der Waals surface area (Å²) < 4.78 is 0. The molecule has 0 unspecified atom stereocenters. The summed E-state index contributed by atoms with van der Waals surface area (Å²) in [6.07, 6.45) is 0.887. The van der Waals surface area contributed by atoms with E-state index in [0.29, 0.717) is 12.4 Å². The lowest BCUT2D eigenvalue weighted by atomic mass is 10.0. The Morgan fingerprint density at radius 3 is 2.50 bits per heavy atom. The van der Waals surface area contributed by atoms with Gasteiger partial charge in [-0.3, -0.25) is 5.10 Å². The van der Waals surface area contributed by atoms with Crippen molar-refractivity contribution in [2.45, 2.75) is 19.9 Å². The van der Waals surface area contributed by atoms with E-state index in [-0.39, 0.29) is 0 Å². The van der Waals surface area contributed by atoms with E-state index in [0.717, 1.165) is 28.8 Å². The van der Waals surface area contributed by atoms with Crippen molar-refractivity contribution in [3.63, 3.8) is 0 Å². The molecule has 0 aliphatic carbocycles. The first kappa shape index (κ1) is 10.7. The van der Waals surface area contributed by atoms with Gasteiger partial charge in [0.05, 0.1) is 0 Å². The van der Waals surface area contributed by atoms with Gasteiger partial charge in [0, 0.05) is 17.8 Å². The van der Waals surface area contributed by atoms with Crippen molar-refractivity contribution in [1.29, 1.82) is 0 Å². The highest BCUT2D eigenvalue weighted by Gasteiger charge is 2.10. The quantitative estimate of drug-likeness (QED) is 0.730. The Morgan fingerprint density at radius 1 is 1.25 bits per heavy atom. The van der Waals surface area contributed by atoms with E-state index in [1.807, 2.05) is 24.3 Å². The molecule has 1 heterocycles. The van der Waals surface area contributed by atoms with E-state index >= 15 is 0 Å². The van der Waals surface area contributed by atoms with Gasteiger partial charge in [-0.2, -0.15) is 5.10 Å². The fourth-order valence-corrected chi connectivity index (χ4v) is 1.78. The molecule has 0 spiro atoms. The molecule has 0 amide bonds. The van der Waals surface area contributed by atoms with Crippen LogP contribution < -0.4 is 11.5 Å². The van der Waals surface area contributed by atoms with Gasteiger partial charge in [0.25, 0.3) is 0 Å². The molecule has 4 nitrogen and oxygen atoms in total. The molecule has 16 heavy (non-hydrogen) atoms. The number of hydrogen-bond acceptors (Lipinski definition) is 3. The van der Waals surface area contributed by atoms with Gasteiger partial charge in [0.1, 0.15) is 0 Å². The summed E-state index contributed by atoms with van der Waals surface area (Å²) in [5.41, 5.74) is 15.7. The van der Waals surface area contributed by atoms with Crippen molar-refractivity contribution in [1.82, 2.24) is 10.2 Å². The highest BCUT2D eigenvalue weighted by atomic mass is 15.2. The first-order valence-corrected chi connectivity index (χ1v) is 5.38. The zero-order valence-corrected chi connectivity index (χ0v) is 9.33. The van der Waals surface area contributed by atoms with Crippen molar-refractivity contribution >= 4 is 5.82 Å². The second kappa shape index (κ2) is 4.37. The van der Waals surface area contributed by atoms with E-state index < -0.39 is 0 Å². The Bertz CT molecular complexity index is 470. The first-order chi connectivity index (χ1) is 7.76. The molecule has 2 rings (SSSR count). The Balaban J connectivity index is 2.45. The molecule has 4 heteroatoms. The number of rotatable bonds is 3. The maximum absolute atomic E-state index is 5.85. The zero-order chi connectivity index (χ0) is 11.5. The van der Waals surface area contributed by atoms with Gasteiger partial charge >= 0.3 is 0 Å². The molecule has 0 saturated carbocycles. The molecule has 0 aliphatic rings. The monoisotopic (exact) mass is 216 g/mol. The van der Waals surface area contributed by atoms with Gasteiger partial charge in [-0.1, -0.05) is 31.2 Å². The fourth-order valence-electron chi connectivity index (χ4n) is 1.78. The summed E-state index contributed by atoms with van der Waals surface area (Å²) in [6.45, 7) is 2.63. The Morgan fingerprint density at radius 2 is 1.94 bits per heavy atom. The SMILES string of the molecule is CCc1[nH]nc(N)c1-c1ccc(CN)cc1. The number of nitrogens with zero attached hydrogens (tertiary/aromatic N) is 1. The summed E-state index contributed by atoms with van der Waals surface area (Å²) in [4.78, 5) is 0. The lowest BCUT2D eigenvalue weighted by molar-refractivity contribution is 0.978. The van der Waals surface area contributed by atoms with Crippen LogP contribution >= 0.6 is 0 Å². The van der Waals surface area contributed by atoms with Crippen LogP contribution in [0.4, 0.5) is 5.82 Å². The van der Waals surface area contributed by atoms with E-state index in [1.54, 1.807) is 0 Å². The predicted molar refractivity (Wildman–Crippen MR) is 65.7 cm³/mol. The summed E-state index contributed by atoms with van der Waals surface area (Å²) in [6, 6.07) is 8.09. The standard InChI is InChI=1S/C12H16N4/c1-2-10-11(12(14)16-15-10)9-5-3-8(7-13)4-6-9/h3-6H,2,7,13H2,1H3,(H3,14,15,16). The molecule has 0 bridgehead atoms. The number of anilines is 1. The molecule has 0 radical (unpaired) electrons. The fraction of sp³-hybridized carbons (Fsp3) is 0.250. The smallest absolute Gasteiger partial charge is 0.153 e. The first-order valence-electron chi connectivity index (χ1n) is 5.38. The molecule has 2 aromatic rings. The van der Waals surface area contributed by atoms with Crippen LogP contribution in [-0.4, -0.2) is 10.2 Å². The molecule has 0 saturated heterocycles. The normalized spacial score (nSPS) is 10.6. The number of H-pyrrole nitrogens is 1. The summed E-state index contributed by atoms with van der Waals surface area (Å²) in [5.74, 6) is 0.553. The second-order valence-corrected chi connectivity index (χ2v) is 3.72. The summed E-state index contributed by atoms with van der Waals surface area (Å²) >= 11 is 0. The van der Waals surface area contributed by atoms with Gasteiger partial charge < -0.3 is 11.5 Å². The van der Waals surface area contributed by atoms with Gasteiger partial charge in [0.2, 0.25) is 0 Å². The van der Waals surface area contributed by atoms with Gasteiger partial charge in [-0.15, -0.1) is 0 Å². The average Bonchev–Trinajstić information content (AvgIpc) is 2.70. The summed E-state index contributed by atoms with van der Waals surface area (Å²) in [7, 11) is 0. The minimum absolute atomic E-state index is 0.553. The maximum Gasteiger partial charge on any atom is 0.153 e. The number of aromatic amines is 1. The van der Waals surface area contributed by atoms with Crippen LogP contribution in [0.25, 0.3) is 11.1 Å².